The molecule has 62 valence electrons. The molecule has 0 radical (unpaired) electrons. The molecule has 4 heteroatoms. The minimum absolute atomic E-state index is 0.387. The molecule has 0 aromatic heterocycles. The number of aliphatic carboxylic acids is 1. The second-order valence-corrected chi connectivity index (χ2v) is 2.07. The molecule has 1 unspecified atom stereocenters. The van der Waals surface area contributed by atoms with Crippen molar-refractivity contribution < 1.29 is 14.7 Å². The Hall–Kier alpha value is -1.32. The van der Waals surface area contributed by atoms with E-state index in [4.69, 9.17) is 5.11 Å². The molecular formula is C7H11NO3. The summed E-state index contributed by atoms with van der Waals surface area (Å²) >= 11 is 0. The Kier molecular flexibility index (Phi) is 3.95. The SMILES string of the molecule is CC=CC(=O)NC(C)C(=O)O. The van der Waals surface area contributed by atoms with E-state index >= 15 is 0 Å². The van der Waals surface area contributed by atoms with Crippen LogP contribution in [0, 0.1) is 0 Å². The van der Waals surface area contributed by atoms with Gasteiger partial charge in [0.1, 0.15) is 6.04 Å². The summed E-state index contributed by atoms with van der Waals surface area (Å²) in [4.78, 5) is 20.9. The molecule has 0 bridgehead atoms. The Balaban J connectivity index is 3.85. The fourth-order valence-corrected chi connectivity index (χ4v) is 0.475. The van der Waals surface area contributed by atoms with Gasteiger partial charge in [0.2, 0.25) is 5.91 Å². The van der Waals surface area contributed by atoms with Crippen LogP contribution in [0.3, 0.4) is 0 Å². The maximum absolute atomic E-state index is 10.7. The van der Waals surface area contributed by atoms with Crippen molar-refractivity contribution in [1.82, 2.24) is 5.32 Å². The number of carboxylic acid groups (broad SMARTS) is 1. The van der Waals surface area contributed by atoms with E-state index in [-0.39, 0.29) is 5.91 Å². The highest BCUT2D eigenvalue weighted by Gasteiger charge is 2.10. The quantitative estimate of drug-likeness (QED) is 0.573. The number of carboxylic acids is 1. The van der Waals surface area contributed by atoms with Crippen molar-refractivity contribution in [2.24, 2.45) is 0 Å². The Morgan fingerprint density at radius 2 is 2.09 bits per heavy atom. The monoisotopic (exact) mass is 157 g/mol. The van der Waals surface area contributed by atoms with E-state index in [2.05, 4.69) is 5.32 Å². The van der Waals surface area contributed by atoms with Gasteiger partial charge in [0.05, 0.1) is 0 Å². The van der Waals surface area contributed by atoms with E-state index in [0.29, 0.717) is 0 Å². The minimum atomic E-state index is -1.04. The van der Waals surface area contributed by atoms with Crippen LogP contribution in [0.2, 0.25) is 0 Å². The van der Waals surface area contributed by atoms with Gasteiger partial charge in [0.15, 0.2) is 0 Å². The number of allylic oxidation sites excluding steroid dienone is 1. The van der Waals surface area contributed by atoms with Crippen molar-refractivity contribution in [2.45, 2.75) is 19.9 Å². The molecule has 0 saturated heterocycles. The zero-order valence-electron chi connectivity index (χ0n) is 6.50. The van der Waals surface area contributed by atoms with Gasteiger partial charge in [-0.2, -0.15) is 0 Å². The predicted molar refractivity (Wildman–Crippen MR) is 40.1 cm³/mol. The zero-order valence-corrected chi connectivity index (χ0v) is 6.50. The Labute approximate surface area is 64.9 Å². The predicted octanol–water partition coefficient (Wildman–Crippen LogP) is 0.152. The number of carbonyl (C=O) groups is 2. The molecule has 1 amide bonds. The van der Waals surface area contributed by atoms with E-state index in [1.54, 1.807) is 13.0 Å². The summed E-state index contributed by atoms with van der Waals surface area (Å²) in [5.41, 5.74) is 0. The van der Waals surface area contributed by atoms with Crippen molar-refractivity contribution in [3.63, 3.8) is 0 Å². The van der Waals surface area contributed by atoms with Gasteiger partial charge in [-0.1, -0.05) is 6.08 Å². The van der Waals surface area contributed by atoms with Gasteiger partial charge in [0.25, 0.3) is 0 Å². The summed E-state index contributed by atoms with van der Waals surface area (Å²) in [5, 5.41) is 10.6. The summed E-state index contributed by atoms with van der Waals surface area (Å²) in [6.07, 6.45) is 2.82. The third kappa shape index (κ3) is 4.13. The van der Waals surface area contributed by atoms with E-state index in [1.165, 1.54) is 13.0 Å². The van der Waals surface area contributed by atoms with Crippen LogP contribution < -0.4 is 5.32 Å². The van der Waals surface area contributed by atoms with Gasteiger partial charge < -0.3 is 10.4 Å². The highest BCUT2D eigenvalue weighted by atomic mass is 16.4. The molecule has 0 fully saturated rings. The lowest BCUT2D eigenvalue weighted by molar-refractivity contribution is -0.140. The number of hydrogen-bond acceptors (Lipinski definition) is 2. The molecule has 4 nitrogen and oxygen atoms in total. The maximum Gasteiger partial charge on any atom is 0.325 e. The van der Waals surface area contributed by atoms with Gasteiger partial charge in [-0.25, -0.2) is 0 Å². The highest BCUT2D eigenvalue weighted by molar-refractivity contribution is 5.90. The molecule has 0 heterocycles. The summed E-state index contributed by atoms with van der Waals surface area (Å²) < 4.78 is 0. The number of nitrogens with one attached hydrogen (secondary N) is 1. The standard InChI is InChI=1S/C7H11NO3/c1-3-4-6(9)8-5(2)7(10)11/h3-5H,1-2H3,(H,8,9)(H,10,11). The van der Waals surface area contributed by atoms with E-state index in [1.807, 2.05) is 0 Å². The summed E-state index contributed by atoms with van der Waals surface area (Å²) in [5.74, 6) is -1.43. The van der Waals surface area contributed by atoms with Crippen LogP contribution in [-0.2, 0) is 9.59 Å². The largest absolute Gasteiger partial charge is 0.480 e. The average molecular weight is 157 g/mol. The third-order valence-corrected chi connectivity index (χ3v) is 1.05. The first-order chi connectivity index (χ1) is 5.07. The second kappa shape index (κ2) is 4.49. The van der Waals surface area contributed by atoms with Crippen molar-refractivity contribution in [3.05, 3.63) is 12.2 Å². The maximum atomic E-state index is 10.7. The first-order valence-electron chi connectivity index (χ1n) is 3.24. The lowest BCUT2D eigenvalue weighted by Crippen LogP contribution is -2.37. The molecule has 0 spiro atoms. The van der Waals surface area contributed by atoms with Gasteiger partial charge in [0, 0.05) is 0 Å². The minimum Gasteiger partial charge on any atom is -0.480 e. The van der Waals surface area contributed by atoms with Crippen molar-refractivity contribution >= 4 is 11.9 Å². The number of rotatable bonds is 3. The van der Waals surface area contributed by atoms with Crippen molar-refractivity contribution in [1.29, 1.82) is 0 Å². The fourth-order valence-electron chi connectivity index (χ4n) is 0.475. The van der Waals surface area contributed by atoms with Crippen LogP contribution in [0.25, 0.3) is 0 Å². The first kappa shape index (κ1) is 9.68. The van der Waals surface area contributed by atoms with Crippen LogP contribution in [0.15, 0.2) is 12.2 Å². The molecule has 2 N–H and O–H groups in total. The van der Waals surface area contributed by atoms with Gasteiger partial charge in [-0.15, -0.1) is 0 Å². The van der Waals surface area contributed by atoms with Crippen LogP contribution in [0.4, 0.5) is 0 Å². The molecule has 0 aliphatic carbocycles. The summed E-state index contributed by atoms with van der Waals surface area (Å²) in [6, 6.07) is -0.835. The lowest BCUT2D eigenvalue weighted by atomic mass is 10.3. The van der Waals surface area contributed by atoms with E-state index < -0.39 is 12.0 Å². The number of carbonyl (C=O) groups excluding carboxylic acids is 1. The van der Waals surface area contributed by atoms with E-state index in [9.17, 15) is 9.59 Å². The van der Waals surface area contributed by atoms with Crippen molar-refractivity contribution in [3.8, 4) is 0 Å². The fraction of sp³-hybridized carbons (Fsp3) is 0.429. The molecule has 0 rings (SSSR count). The highest BCUT2D eigenvalue weighted by Crippen LogP contribution is 1.81. The van der Waals surface area contributed by atoms with Gasteiger partial charge in [-0.3, -0.25) is 9.59 Å². The first-order valence-corrected chi connectivity index (χ1v) is 3.24. The molecule has 0 aromatic carbocycles. The van der Waals surface area contributed by atoms with Crippen LogP contribution >= 0.6 is 0 Å². The molecule has 0 saturated carbocycles. The summed E-state index contributed by atoms with van der Waals surface area (Å²) in [7, 11) is 0. The molecule has 1 atom stereocenters. The Bertz CT molecular complexity index is 186. The van der Waals surface area contributed by atoms with Gasteiger partial charge in [-0.05, 0) is 19.9 Å². The molecule has 0 aliphatic heterocycles. The van der Waals surface area contributed by atoms with E-state index in [0.717, 1.165) is 0 Å². The molecule has 0 aromatic rings. The smallest absolute Gasteiger partial charge is 0.325 e. The molecule has 11 heavy (non-hydrogen) atoms. The molecular weight excluding hydrogens is 146 g/mol. The second-order valence-electron chi connectivity index (χ2n) is 2.07. The Morgan fingerprint density at radius 1 is 1.55 bits per heavy atom. The van der Waals surface area contributed by atoms with Gasteiger partial charge >= 0.3 is 5.97 Å². The zero-order chi connectivity index (χ0) is 8.85. The van der Waals surface area contributed by atoms with Crippen molar-refractivity contribution in [2.75, 3.05) is 0 Å². The van der Waals surface area contributed by atoms with Crippen LogP contribution in [0.5, 0.6) is 0 Å². The van der Waals surface area contributed by atoms with Crippen LogP contribution in [0.1, 0.15) is 13.8 Å². The van der Waals surface area contributed by atoms with Crippen LogP contribution in [-0.4, -0.2) is 23.0 Å². The number of amides is 1. The Morgan fingerprint density at radius 3 is 2.45 bits per heavy atom. The number of hydrogen-bond donors (Lipinski definition) is 2. The molecule has 0 aliphatic rings. The topological polar surface area (TPSA) is 66.4 Å². The normalized spacial score (nSPS) is 12.9. The third-order valence-electron chi connectivity index (χ3n) is 1.05. The lowest BCUT2D eigenvalue weighted by Gasteiger charge is -2.05. The summed E-state index contributed by atoms with van der Waals surface area (Å²) in [6.45, 7) is 3.09. The average Bonchev–Trinajstić information content (AvgIpc) is 1.87.